The van der Waals surface area contributed by atoms with E-state index in [1.165, 1.54) is 18.4 Å². The molecule has 0 aliphatic heterocycles. The lowest BCUT2D eigenvalue weighted by Gasteiger charge is -2.09. The van der Waals surface area contributed by atoms with Gasteiger partial charge in [0.1, 0.15) is 6.10 Å². The van der Waals surface area contributed by atoms with Crippen molar-refractivity contribution >= 4 is 17.3 Å². The Hall–Kier alpha value is -0.870. The largest absolute Gasteiger partial charge is 0.481 e. The summed E-state index contributed by atoms with van der Waals surface area (Å²) in [5.41, 5.74) is 0. The zero-order valence-corrected chi connectivity index (χ0v) is 7.50. The van der Waals surface area contributed by atoms with Crippen LogP contribution in [0.5, 0.6) is 0 Å². The summed E-state index contributed by atoms with van der Waals surface area (Å²) in [6.45, 7) is 0. The fraction of sp³-hybridized carbons (Fsp3) is 0.375. The molecule has 66 valence electrons. The van der Waals surface area contributed by atoms with Gasteiger partial charge in [-0.15, -0.1) is 11.3 Å². The van der Waals surface area contributed by atoms with Crippen molar-refractivity contribution in [3.8, 4) is 0 Å². The summed E-state index contributed by atoms with van der Waals surface area (Å²) >= 11 is 1.51. The lowest BCUT2D eigenvalue weighted by atomic mass is 10.2. The van der Waals surface area contributed by atoms with Crippen molar-refractivity contribution in [1.29, 1.82) is 0 Å². The van der Waals surface area contributed by atoms with Gasteiger partial charge >= 0.3 is 5.97 Å². The van der Waals surface area contributed by atoms with Gasteiger partial charge in [-0.05, 0) is 11.4 Å². The van der Waals surface area contributed by atoms with Gasteiger partial charge in [-0.3, -0.25) is 4.79 Å². The van der Waals surface area contributed by atoms with Crippen molar-refractivity contribution in [2.45, 2.75) is 12.5 Å². The van der Waals surface area contributed by atoms with Gasteiger partial charge < -0.3 is 9.84 Å². The summed E-state index contributed by atoms with van der Waals surface area (Å²) < 4.78 is 5.04. The number of thiophene rings is 1. The summed E-state index contributed by atoms with van der Waals surface area (Å²) in [5, 5.41) is 10.4. The number of carbonyl (C=O) groups is 1. The highest BCUT2D eigenvalue weighted by Crippen LogP contribution is 2.24. The summed E-state index contributed by atoms with van der Waals surface area (Å²) in [7, 11) is 1.52. The lowest BCUT2D eigenvalue weighted by Crippen LogP contribution is -2.06. The first-order chi connectivity index (χ1) is 5.74. The molecule has 0 aliphatic rings. The number of methoxy groups -OCH3 is 1. The smallest absolute Gasteiger partial charge is 0.306 e. The molecule has 0 amide bonds. The van der Waals surface area contributed by atoms with Crippen LogP contribution in [0.1, 0.15) is 17.4 Å². The summed E-state index contributed by atoms with van der Waals surface area (Å²) in [4.78, 5) is 11.3. The van der Waals surface area contributed by atoms with Crippen molar-refractivity contribution in [1.82, 2.24) is 0 Å². The molecule has 0 saturated heterocycles. The Labute approximate surface area is 74.6 Å². The van der Waals surface area contributed by atoms with E-state index >= 15 is 0 Å². The van der Waals surface area contributed by atoms with E-state index in [1.807, 2.05) is 17.5 Å². The van der Waals surface area contributed by atoms with Gasteiger partial charge in [-0.1, -0.05) is 6.07 Å². The standard InChI is InChI=1S/C8H10O3S/c1-11-6(5-8(9)10)7-3-2-4-12-7/h2-4,6H,5H2,1H3,(H,9,10). The van der Waals surface area contributed by atoms with Crippen LogP contribution in [-0.4, -0.2) is 18.2 Å². The van der Waals surface area contributed by atoms with Crippen LogP contribution in [-0.2, 0) is 9.53 Å². The molecule has 3 nitrogen and oxygen atoms in total. The van der Waals surface area contributed by atoms with Gasteiger partial charge in [0.05, 0.1) is 6.42 Å². The van der Waals surface area contributed by atoms with Crippen LogP contribution < -0.4 is 0 Å². The van der Waals surface area contributed by atoms with E-state index in [0.717, 1.165) is 4.88 Å². The Balaban J connectivity index is 2.63. The van der Waals surface area contributed by atoms with Crippen LogP contribution in [0.15, 0.2) is 17.5 Å². The van der Waals surface area contributed by atoms with Gasteiger partial charge in [-0.2, -0.15) is 0 Å². The zero-order valence-electron chi connectivity index (χ0n) is 6.69. The average Bonchev–Trinajstić information content (AvgIpc) is 2.51. The molecule has 1 rings (SSSR count). The first-order valence-electron chi connectivity index (χ1n) is 3.52. The predicted molar refractivity (Wildman–Crippen MR) is 46.3 cm³/mol. The molecule has 1 atom stereocenters. The minimum atomic E-state index is -0.838. The maximum atomic E-state index is 10.4. The summed E-state index contributed by atoms with van der Waals surface area (Å²) in [5.74, 6) is -0.838. The number of ether oxygens (including phenoxy) is 1. The normalized spacial score (nSPS) is 12.8. The topological polar surface area (TPSA) is 46.5 Å². The molecule has 1 N–H and O–H groups in total. The van der Waals surface area contributed by atoms with Crippen LogP contribution in [0.25, 0.3) is 0 Å². The average molecular weight is 186 g/mol. The Morgan fingerprint density at radius 1 is 1.83 bits per heavy atom. The number of rotatable bonds is 4. The second-order valence-electron chi connectivity index (χ2n) is 2.34. The molecule has 1 aromatic heterocycles. The molecule has 12 heavy (non-hydrogen) atoms. The maximum absolute atomic E-state index is 10.4. The molecule has 0 saturated carbocycles. The quantitative estimate of drug-likeness (QED) is 0.781. The van der Waals surface area contributed by atoms with E-state index in [2.05, 4.69) is 0 Å². The molecule has 0 bridgehead atoms. The molecule has 0 aromatic carbocycles. The van der Waals surface area contributed by atoms with Crippen LogP contribution in [0.3, 0.4) is 0 Å². The van der Waals surface area contributed by atoms with Gasteiger partial charge in [0.15, 0.2) is 0 Å². The molecule has 0 aliphatic carbocycles. The molecule has 0 radical (unpaired) electrons. The highest BCUT2D eigenvalue weighted by atomic mass is 32.1. The maximum Gasteiger partial charge on any atom is 0.306 e. The number of hydrogen-bond donors (Lipinski definition) is 1. The summed E-state index contributed by atoms with van der Waals surface area (Å²) in [6, 6.07) is 3.76. The van der Waals surface area contributed by atoms with E-state index in [9.17, 15) is 4.79 Å². The number of hydrogen-bond acceptors (Lipinski definition) is 3. The monoisotopic (exact) mass is 186 g/mol. The van der Waals surface area contributed by atoms with Crippen molar-refractivity contribution < 1.29 is 14.6 Å². The Kier molecular flexibility index (Phi) is 3.25. The number of carboxylic acid groups (broad SMARTS) is 1. The predicted octanol–water partition coefficient (Wildman–Crippen LogP) is 1.91. The highest BCUT2D eigenvalue weighted by Gasteiger charge is 2.14. The van der Waals surface area contributed by atoms with Crippen LogP contribution in [0.4, 0.5) is 0 Å². The van der Waals surface area contributed by atoms with Crippen molar-refractivity contribution in [2.24, 2.45) is 0 Å². The van der Waals surface area contributed by atoms with E-state index in [4.69, 9.17) is 9.84 Å². The van der Waals surface area contributed by atoms with Crippen molar-refractivity contribution in [3.63, 3.8) is 0 Å². The fourth-order valence-electron chi connectivity index (χ4n) is 0.933. The molecule has 0 spiro atoms. The summed E-state index contributed by atoms with van der Waals surface area (Å²) in [6.07, 6.45) is -0.278. The fourth-order valence-corrected chi connectivity index (χ4v) is 1.74. The molecule has 1 aromatic rings. The Morgan fingerprint density at radius 3 is 3.00 bits per heavy atom. The molecule has 1 heterocycles. The molecule has 1 unspecified atom stereocenters. The highest BCUT2D eigenvalue weighted by molar-refractivity contribution is 7.10. The van der Waals surface area contributed by atoms with Crippen LogP contribution in [0, 0.1) is 0 Å². The second kappa shape index (κ2) is 4.23. The van der Waals surface area contributed by atoms with Crippen LogP contribution >= 0.6 is 11.3 Å². The third-order valence-corrected chi connectivity index (χ3v) is 2.47. The zero-order chi connectivity index (χ0) is 8.97. The number of carboxylic acids is 1. The minimum Gasteiger partial charge on any atom is -0.481 e. The third kappa shape index (κ3) is 2.32. The molecule has 4 heteroatoms. The molecular formula is C8H10O3S. The first-order valence-corrected chi connectivity index (χ1v) is 4.40. The lowest BCUT2D eigenvalue weighted by molar-refractivity contribution is -0.139. The number of aliphatic carboxylic acids is 1. The Bertz CT molecular complexity index is 243. The Morgan fingerprint density at radius 2 is 2.58 bits per heavy atom. The molecule has 0 fully saturated rings. The SMILES string of the molecule is COC(CC(=O)O)c1cccs1. The van der Waals surface area contributed by atoms with Gasteiger partial charge in [0.25, 0.3) is 0 Å². The molecular weight excluding hydrogens is 176 g/mol. The van der Waals surface area contributed by atoms with Gasteiger partial charge in [-0.25, -0.2) is 0 Å². The van der Waals surface area contributed by atoms with E-state index in [0.29, 0.717) is 0 Å². The van der Waals surface area contributed by atoms with Gasteiger partial charge in [0, 0.05) is 12.0 Å². The van der Waals surface area contributed by atoms with E-state index in [-0.39, 0.29) is 12.5 Å². The second-order valence-corrected chi connectivity index (χ2v) is 3.32. The first kappa shape index (κ1) is 9.22. The van der Waals surface area contributed by atoms with Gasteiger partial charge in [0.2, 0.25) is 0 Å². The van der Waals surface area contributed by atoms with Crippen molar-refractivity contribution in [2.75, 3.05) is 7.11 Å². The van der Waals surface area contributed by atoms with E-state index in [1.54, 1.807) is 0 Å². The minimum absolute atomic E-state index is 0.0248. The van der Waals surface area contributed by atoms with E-state index < -0.39 is 5.97 Å². The van der Waals surface area contributed by atoms with Crippen LogP contribution in [0.2, 0.25) is 0 Å². The third-order valence-electron chi connectivity index (χ3n) is 1.51. The van der Waals surface area contributed by atoms with Crippen molar-refractivity contribution in [3.05, 3.63) is 22.4 Å².